The van der Waals surface area contributed by atoms with E-state index in [1.807, 2.05) is 0 Å². The van der Waals surface area contributed by atoms with E-state index >= 15 is 0 Å². The molecule has 5 nitrogen and oxygen atoms in total. The fourth-order valence-electron chi connectivity index (χ4n) is 2.71. The molecule has 104 valence electrons. The molecule has 0 radical (unpaired) electrons. The van der Waals surface area contributed by atoms with Gasteiger partial charge in [-0.2, -0.15) is 0 Å². The molecular formula is C13H25N3O2. The minimum Gasteiger partial charge on any atom is -0.375 e. The molecule has 18 heavy (non-hydrogen) atoms. The summed E-state index contributed by atoms with van der Waals surface area (Å²) in [5, 5.41) is 6.24. The average Bonchev–Trinajstić information content (AvgIpc) is 2.76. The molecule has 5 heteroatoms. The molecule has 2 heterocycles. The number of carbonyl (C=O) groups is 1. The number of nitrogens with zero attached hydrogens (tertiary/aromatic N) is 1. The second kappa shape index (κ2) is 7.07. The van der Waals surface area contributed by atoms with Crippen molar-refractivity contribution in [1.82, 2.24) is 15.5 Å². The minimum atomic E-state index is 0.0522. The molecule has 2 unspecified atom stereocenters. The van der Waals surface area contributed by atoms with E-state index in [0.29, 0.717) is 13.0 Å². The standard InChI is InChI=1S/C13H25N3O2/c1-16-6-3-11(10-16)2-4-15-13(17)8-12-9-14-5-7-18-12/h11-12,14H,2-10H2,1H3,(H,15,17). The van der Waals surface area contributed by atoms with Gasteiger partial charge in [0.1, 0.15) is 0 Å². The maximum absolute atomic E-state index is 11.7. The Kier molecular flexibility index (Phi) is 5.41. The maximum Gasteiger partial charge on any atom is 0.222 e. The van der Waals surface area contributed by atoms with Crippen molar-refractivity contribution in [2.75, 3.05) is 46.4 Å². The van der Waals surface area contributed by atoms with Gasteiger partial charge in [-0.15, -0.1) is 0 Å². The van der Waals surface area contributed by atoms with Gasteiger partial charge < -0.3 is 20.3 Å². The molecule has 2 atom stereocenters. The lowest BCUT2D eigenvalue weighted by Gasteiger charge is -2.23. The largest absolute Gasteiger partial charge is 0.375 e. The highest BCUT2D eigenvalue weighted by atomic mass is 16.5. The van der Waals surface area contributed by atoms with Crippen LogP contribution in [-0.2, 0) is 9.53 Å². The van der Waals surface area contributed by atoms with Crippen molar-refractivity contribution in [1.29, 1.82) is 0 Å². The second-order valence-corrected chi connectivity index (χ2v) is 5.46. The van der Waals surface area contributed by atoms with E-state index in [1.165, 1.54) is 19.5 Å². The van der Waals surface area contributed by atoms with Gasteiger partial charge in [-0.05, 0) is 32.4 Å². The number of hydrogen-bond donors (Lipinski definition) is 2. The van der Waals surface area contributed by atoms with Crippen molar-refractivity contribution < 1.29 is 9.53 Å². The second-order valence-electron chi connectivity index (χ2n) is 5.46. The number of ether oxygens (including phenoxy) is 1. The Morgan fingerprint density at radius 3 is 3.11 bits per heavy atom. The van der Waals surface area contributed by atoms with Gasteiger partial charge in [0.05, 0.1) is 19.1 Å². The van der Waals surface area contributed by atoms with Crippen LogP contribution in [0.1, 0.15) is 19.3 Å². The van der Waals surface area contributed by atoms with Gasteiger partial charge in [0, 0.05) is 26.2 Å². The van der Waals surface area contributed by atoms with Crippen molar-refractivity contribution >= 4 is 5.91 Å². The lowest BCUT2D eigenvalue weighted by molar-refractivity contribution is -0.124. The number of likely N-dealkylation sites (tertiary alicyclic amines) is 1. The molecule has 2 rings (SSSR count). The number of amides is 1. The Labute approximate surface area is 109 Å². The summed E-state index contributed by atoms with van der Waals surface area (Å²) >= 11 is 0. The summed E-state index contributed by atoms with van der Waals surface area (Å²) in [5.74, 6) is 0.873. The molecule has 0 saturated carbocycles. The average molecular weight is 255 g/mol. The number of rotatable bonds is 5. The summed E-state index contributed by atoms with van der Waals surface area (Å²) in [6, 6.07) is 0. The SMILES string of the molecule is CN1CCC(CCNC(=O)CC2CNCCO2)C1. The fraction of sp³-hybridized carbons (Fsp3) is 0.923. The number of hydrogen-bond acceptors (Lipinski definition) is 4. The third-order valence-corrected chi connectivity index (χ3v) is 3.78. The zero-order chi connectivity index (χ0) is 12.8. The van der Waals surface area contributed by atoms with Crippen LogP contribution < -0.4 is 10.6 Å². The van der Waals surface area contributed by atoms with Crippen molar-refractivity contribution in [3.63, 3.8) is 0 Å². The van der Waals surface area contributed by atoms with E-state index in [-0.39, 0.29) is 12.0 Å². The first-order chi connectivity index (χ1) is 8.74. The highest BCUT2D eigenvalue weighted by Crippen LogP contribution is 2.16. The third kappa shape index (κ3) is 4.55. The Hall–Kier alpha value is -0.650. The lowest BCUT2D eigenvalue weighted by Crippen LogP contribution is -2.41. The Morgan fingerprint density at radius 1 is 1.56 bits per heavy atom. The summed E-state index contributed by atoms with van der Waals surface area (Å²) in [4.78, 5) is 14.1. The highest BCUT2D eigenvalue weighted by Gasteiger charge is 2.20. The molecule has 2 aliphatic heterocycles. The smallest absolute Gasteiger partial charge is 0.222 e. The maximum atomic E-state index is 11.7. The van der Waals surface area contributed by atoms with Crippen LogP contribution in [0.2, 0.25) is 0 Å². The van der Waals surface area contributed by atoms with Crippen molar-refractivity contribution in [3.8, 4) is 0 Å². The van der Waals surface area contributed by atoms with E-state index in [4.69, 9.17) is 4.74 Å². The summed E-state index contributed by atoms with van der Waals surface area (Å²) in [7, 11) is 2.16. The van der Waals surface area contributed by atoms with Crippen molar-refractivity contribution in [2.45, 2.75) is 25.4 Å². The van der Waals surface area contributed by atoms with E-state index < -0.39 is 0 Å². The van der Waals surface area contributed by atoms with E-state index in [0.717, 1.165) is 32.0 Å². The molecule has 0 bridgehead atoms. The molecule has 0 aromatic rings. The Morgan fingerprint density at radius 2 is 2.44 bits per heavy atom. The first-order valence-electron chi connectivity index (χ1n) is 7.01. The van der Waals surface area contributed by atoms with Gasteiger partial charge in [-0.3, -0.25) is 4.79 Å². The molecule has 2 saturated heterocycles. The monoisotopic (exact) mass is 255 g/mol. The summed E-state index contributed by atoms with van der Waals surface area (Å²) in [6.45, 7) is 5.57. The molecule has 2 fully saturated rings. The first-order valence-corrected chi connectivity index (χ1v) is 7.01. The van der Waals surface area contributed by atoms with Crippen LogP contribution in [0.3, 0.4) is 0 Å². The predicted molar refractivity (Wildman–Crippen MR) is 70.5 cm³/mol. The topological polar surface area (TPSA) is 53.6 Å². The number of morpholine rings is 1. The van der Waals surface area contributed by atoms with Crippen LogP contribution >= 0.6 is 0 Å². The third-order valence-electron chi connectivity index (χ3n) is 3.78. The molecule has 0 aromatic carbocycles. The first kappa shape index (κ1) is 13.8. The highest BCUT2D eigenvalue weighted by molar-refractivity contribution is 5.76. The van der Waals surface area contributed by atoms with Crippen LogP contribution in [0.5, 0.6) is 0 Å². The summed E-state index contributed by atoms with van der Waals surface area (Å²) < 4.78 is 5.51. The van der Waals surface area contributed by atoms with Gasteiger partial charge in [-0.1, -0.05) is 0 Å². The number of carbonyl (C=O) groups excluding carboxylic acids is 1. The molecule has 0 spiro atoms. The van der Waals surface area contributed by atoms with Crippen molar-refractivity contribution in [2.24, 2.45) is 5.92 Å². The predicted octanol–water partition coefficient (Wildman–Crippen LogP) is -0.177. The fourth-order valence-corrected chi connectivity index (χ4v) is 2.71. The Balaban J connectivity index is 1.54. The van der Waals surface area contributed by atoms with Crippen LogP contribution in [0.4, 0.5) is 0 Å². The van der Waals surface area contributed by atoms with Crippen LogP contribution in [-0.4, -0.2) is 63.3 Å². The zero-order valence-electron chi connectivity index (χ0n) is 11.3. The summed E-state index contributed by atoms with van der Waals surface area (Å²) in [6.07, 6.45) is 2.90. The molecule has 2 N–H and O–H groups in total. The van der Waals surface area contributed by atoms with E-state index in [1.54, 1.807) is 0 Å². The van der Waals surface area contributed by atoms with Gasteiger partial charge in [0.2, 0.25) is 5.91 Å². The van der Waals surface area contributed by atoms with E-state index in [9.17, 15) is 4.79 Å². The Bertz CT molecular complexity index is 267. The van der Waals surface area contributed by atoms with Gasteiger partial charge in [-0.25, -0.2) is 0 Å². The molecule has 0 aliphatic carbocycles. The molecule has 1 amide bonds. The van der Waals surface area contributed by atoms with E-state index in [2.05, 4.69) is 22.6 Å². The van der Waals surface area contributed by atoms with Gasteiger partial charge in [0.15, 0.2) is 0 Å². The lowest BCUT2D eigenvalue weighted by atomic mass is 10.1. The van der Waals surface area contributed by atoms with Crippen LogP contribution in [0, 0.1) is 5.92 Å². The van der Waals surface area contributed by atoms with Crippen LogP contribution in [0.15, 0.2) is 0 Å². The minimum absolute atomic E-state index is 0.0522. The molecule has 0 aromatic heterocycles. The molecular weight excluding hydrogens is 230 g/mol. The quantitative estimate of drug-likeness (QED) is 0.716. The molecule has 2 aliphatic rings. The number of nitrogens with one attached hydrogen (secondary N) is 2. The van der Waals surface area contributed by atoms with Gasteiger partial charge >= 0.3 is 0 Å². The van der Waals surface area contributed by atoms with Crippen LogP contribution in [0.25, 0.3) is 0 Å². The zero-order valence-corrected chi connectivity index (χ0v) is 11.3. The van der Waals surface area contributed by atoms with Crippen molar-refractivity contribution in [3.05, 3.63) is 0 Å². The van der Waals surface area contributed by atoms with Gasteiger partial charge in [0.25, 0.3) is 0 Å². The normalized spacial score (nSPS) is 29.4. The summed E-state index contributed by atoms with van der Waals surface area (Å²) in [5.41, 5.74) is 0.